The van der Waals surface area contributed by atoms with Crippen molar-refractivity contribution in [1.82, 2.24) is 14.7 Å². The van der Waals surface area contributed by atoms with Gasteiger partial charge < -0.3 is 14.4 Å². The molecule has 0 saturated carbocycles. The summed E-state index contributed by atoms with van der Waals surface area (Å²) in [4.78, 5) is 25.7. The maximum absolute atomic E-state index is 12.4. The Bertz CT molecular complexity index is 1080. The predicted molar refractivity (Wildman–Crippen MR) is 121 cm³/mol. The van der Waals surface area contributed by atoms with Crippen LogP contribution in [0.2, 0.25) is 0 Å². The van der Waals surface area contributed by atoms with Crippen molar-refractivity contribution in [3.8, 4) is 22.8 Å². The van der Waals surface area contributed by atoms with Crippen LogP contribution in [0.15, 0.2) is 60.7 Å². The molecular formula is C25H27N3O4. The van der Waals surface area contributed by atoms with Crippen molar-refractivity contribution >= 4 is 12.4 Å². The Hall–Kier alpha value is -3.61. The number of benzene rings is 2. The van der Waals surface area contributed by atoms with E-state index in [-0.39, 0.29) is 12.1 Å². The Morgan fingerprint density at radius 3 is 2.41 bits per heavy atom. The van der Waals surface area contributed by atoms with Gasteiger partial charge in [0, 0.05) is 18.7 Å². The van der Waals surface area contributed by atoms with Crippen molar-refractivity contribution < 1.29 is 19.1 Å². The maximum Gasteiger partial charge on any atom is 0.410 e. The Morgan fingerprint density at radius 1 is 1.06 bits per heavy atom. The van der Waals surface area contributed by atoms with E-state index in [1.807, 2.05) is 75.4 Å². The van der Waals surface area contributed by atoms with Crippen LogP contribution in [-0.4, -0.2) is 45.8 Å². The lowest BCUT2D eigenvalue weighted by Crippen LogP contribution is -2.35. The Balaban J connectivity index is 1.48. The summed E-state index contributed by atoms with van der Waals surface area (Å²) >= 11 is 0. The van der Waals surface area contributed by atoms with Crippen molar-refractivity contribution in [1.29, 1.82) is 0 Å². The minimum absolute atomic E-state index is 0.0721. The Labute approximate surface area is 187 Å². The molecule has 1 atom stereocenters. The molecule has 1 aromatic heterocycles. The van der Waals surface area contributed by atoms with E-state index in [9.17, 15) is 9.59 Å². The van der Waals surface area contributed by atoms with Crippen LogP contribution in [0.1, 0.15) is 43.7 Å². The van der Waals surface area contributed by atoms with E-state index in [0.717, 1.165) is 23.3 Å². The molecule has 1 fully saturated rings. The second-order valence-corrected chi connectivity index (χ2v) is 8.83. The lowest BCUT2D eigenvalue weighted by atomic mass is 10.1. The van der Waals surface area contributed by atoms with E-state index in [2.05, 4.69) is 5.10 Å². The maximum atomic E-state index is 12.4. The van der Waals surface area contributed by atoms with E-state index in [4.69, 9.17) is 9.47 Å². The molecule has 166 valence electrons. The average molecular weight is 434 g/mol. The lowest BCUT2D eigenvalue weighted by molar-refractivity contribution is 0.0288. The zero-order valence-electron chi connectivity index (χ0n) is 18.5. The van der Waals surface area contributed by atoms with Gasteiger partial charge in [-0.15, -0.1) is 0 Å². The third-order valence-electron chi connectivity index (χ3n) is 5.18. The summed E-state index contributed by atoms with van der Waals surface area (Å²) in [7, 11) is 0. The first kappa shape index (κ1) is 21.6. The zero-order valence-corrected chi connectivity index (χ0v) is 18.5. The molecule has 0 spiro atoms. The van der Waals surface area contributed by atoms with Gasteiger partial charge in [-0.1, -0.05) is 18.2 Å². The van der Waals surface area contributed by atoms with Gasteiger partial charge >= 0.3 is 6.09 Å². The first-order valence-corrected chi connectivity index (χ1v) is 10.7. The van der Waals surface area contributed by atoms with Crippen LogP contribution in [-0.2, 0) is 4.74 Å². The fourth-order valence-corrected chi connectivity index (χ4v) is 3.68. The number of para-hydroxylation sites is 1. The summed E-state index contributed by atoms with van der Waals surface area (Å²) < 4.78 is 13.0. The number of amides is 1. The number of hydrogen-bond donors (Lipinski definition) is 0. The summed E-state index contributed by atoms with van der Waals surface area (Å²) in [6.07, 6.45) is 1.18. The Morgan fingerprint density at radius 2 is 1.75 bits per heavy atom. The van der Waals surface area contributed by atoms with Gasteiger partial charge in [0.1, 0.15) is 22.8 Å². The SMILES string of the molecule is CC(C)(C)OC(=O)N1CCC(n2nc(-c3ccc(Oc4ccccc4)cc3)cc2C=O)C1. The molecule has 0 bridgehead atoms. The second-order valence-electron chi connectivity index (χ2n) is 8.83. The summed E-state index contributed by atoms with van der Waals surface area (Å²) in [5.74, 6) is 1.49. The monoisotopic (exact) mass is 433 g/mol. The van der Waals surface area contributed by atoms with Crippen molar-refractivity contribution in [3.63, 3.8) is 0 Å². The quantitative estimate of drug-likeness (QED) is 0.508. The number of carbonyl (C=O) groups is 2. The summed E-state index contributed by atoms with van der Waals surface area (Å²) in [5.41, 5.74) is 1.53. The van der Waals surface area contributed by atoms with Gasteiger partial charge in [0.15, 0.2) is 6.29 Å². The van der Waals surface area contributed by atoms with Gasteiger partial charge in [-0.25, -0.2) is 4.79 Å². The first-order valence-electron chi connectivity index (χ1n) is 10.7. The third kappa shape index (κ3) is 4.99. The van der Waals surface area contributed by atoms with Gasteiger partial charge in [-0.2, -0.15) is 5.10 Å². The molecular weight excluding hydrogens is 406 g/mol. The van der Waals surface area contributed by atoms with Gasteiger partial charge in [0.2, 0.25) is 0 Å². The first-order chi connectivity index (χ1) is 15.3. The van der Waals surface area contributed by atoms with E-state index < -0.39 is 5.60 Å². The predicted octanol–water partition coefficient (Wildman–Crippen LogP) is 5.34. The number of hydrogen-bond acceptors (Lipinski definition) is 5. The van der Waals surface area contributed by atoms with Gasteiger partial charge in [-0.3, -0.25) is 9.48 Å². The Kier molecular flexibility index (Phi) is 5.99. The molecule has 3 aromatic rings. The number of aromatic nitrogens is 2. The van der Waals surface area contributed by atoms with Crippen molar-refractivity contribution in [2.45, 2.75) is 38.8 Å². The molecule has 2 heterocycles. The number of rotatable bonds is 5. The molecule has 2 aromatic carbocycles. The highest BCUT2D eigenvalue weighted by molar-refractivity contribution is 5.76. The van der Waals surface area contributed by atoms with Crippen LogP contribution in [0, 0.1) is 0 Å². The van der Waals surface area contributed by atoms with E-state index in [1.165, 1.54) is 0 Å². The van der Waals surface area contributed by atoms with Crippen molar-refractivity contribution in [2.75, 3.05) is 13.1 Å². The number of aldehydes is 1. The average Bonchev–Trinajstić information content (AvgIpc) is 3.41. The third-order valence-corrected chi connectivity index (χ3v) is 5.18. The van der Waals surface area contributed by atoms with Crippen molar-refractivity contribution in [2.24, 2.45) is 0 Å². The number of nitrogens with zero attached hydrogens (tertiary/aromatic N) is 3. The molecule has 4 rings (SSSR count). The topological polar surface area (TPSA) is 73.7 Å². The van der Waals surface area contributed by atoms with Crippen molar-refractivity contribution in [3.05, 3.63) is 66.4 Å². The van der Waals surface area contributed by atoms with E-state index in [1.54, 1.807) is 15.6 Å². The standard InChI is InChI=1S/C25H27N3O4/c1-25(2,3)32-24(30)27-14-13-19(16-27)28-20(17-29)15-23(26-28)18-9-11-22(12-10-18)31-21-7-5-4-6-8-21/h4-12,15,17,19H,13-14,16H2,1-3H3. The molecule has 0 radical (unpaired) electrons. The molecule has 7 nitrogen and oxygen atoms in total. The van der Waals surface area contributed by atoms with Crippen LogP contribution in [0.4, 0.5) is 4.79 Å². The highest BCUT2D eigenvalue weighted by Crippen LogP contribution is 2.29. The summed E-state index contributed by atoms with van der Waals surface area (Å²) in [6, 6.07) is 18.9. The molecule has 0 aliphatic carbocycles. The fourth-order valence-electron chi connectivity index (χ4n) is 3.68. The van der Waals surface area contributed by atoms with Crippen LogP contribution in [0.5, 0.6) is 11.5 Å². The van der Waals surface area contributed by atoms with Gasteiger partial charge in [-0.05, 0) is 69.7 Å². The zero-order chi connectivity index (χ0) is 22.7. The van der Waals surface area contributed by atoms with Gasteiger partial charge in [0.05, 0.1) is 11.7 Å². The largest absolute Gasteiger partial charge is 0.457 e. The minimum Gasteiger partial charge on any atom is -0.457 e. The second kappa shape index (κ2) is 8.86. The van der Waals surface area contributed by atoms with Gasteiger partial charge in [0.25, 0.3) is 0 Å². The number of ether oxygens (including phenoxy) is 2. The molecule has 1 amide bonds. The number of likely N-dealkylation sites (tertiary alicyclic amines) is 1. The number of carbonyl (C=O) groups excluding carboxylic acids is 2. The van der Waals surface area contributed by atoms with Crippen LogP contribution in [0.25, 0.3) is 11.3 Å². The highest BCUT2D eigenvalue weighted by atomic mass is 16.6. The minimum atomic E-state index is -0.543. The summed E-state index contributed by atoms with van der Waals surface area (Å²) in [5, 5.41) is 4.68. The molecule has 0 N–H and O–H groups in total. The van der Waals surface area contributed by atoms with Crippen LogP contribution >= 0.6 is 0 Å². The highest BCUT2D eigenvalue weighted by Gasteiger charge is 2.32. The molecule has 1 aliphatic rings. The fraction of sp³-hybridized carbons (Fsp3) is 0.320. The summed E-state index contributed by atoms with van der Waals surface area (Å²) in [6.45, 7) is 6.57. The molecule has 1 aliphatic heterocycles. The molecule has 7 heteroatoms. The van der Waals surface area contributed by atoms with Crippen LogP contribution < -0.4 is 4.74 Å². The lowest BCUT2D eigenvalue weighted by Gasteiger charge is -2.24. The molecule has 32 heavy (non-hydrogen) atoms. The van der Waals surface area contributed by atoms with E-state index in [0.29, 0.717) is 30.9 Å². The molecule has 1 unspecified atom stereocenters. The van der Waals surface area contributed by atoms with Crippen LogP contribution in [0.3, 0.4) is 0 Å². The smallest absolute Gasteiger partial charge is 0.410 e. The normalized spacial score (nSPS) is 16.1. The van der Waals surface area contributed by atoms with E-state index >= 15 is 0 Å². The molecule has 1 saturated heterocycles.